The molecule has 0 heterocycles. The Morgan fingerprint density at radius 2 is 1.40 bits per heavy atom. The minimum Gasteiger partial charge on any atom is -0.337 e. The van der Waals surface area contributed by atoms with Gasteiger partial charge in [-0.3, -0.25) is 4.79 Å². The van der Waals surface area contributed by atoms with Crippen molar-refractivity contribution in [2.75, 3.05) is 0 Å². The fourth-order valence-electron chi connectivity index (χ4n) is 3.25. The van der Waals surface area contributed by atoms with Crippen LogP contribution in [0.3, 0.4) is 0 Å². The highest BCUT2D eigenvalue weighted by molar-refractivity contribution is 5.76. The quantitative estimate of drug-likeness (QED) is 0.699. The number of hydrogen-bond acceptors (Lipinski definition) is 1. The van der Waals surface area contributed by atoms with E-state index in [2.05, 4.69) is 4.90 Å². The van der Waals surface area contributed by atoms with Crippen molar-refractivity contribution in [1.82, 2.24) is 4.90 Å². The second-order valence-corrected chi connectivity index (χ2v) is 5.03. The maximum Gasteiger partial charge on any atom is 0.222 e. The van der Waals surface area contributed by atoms with Crippen LogP contribution in [0.2, 0.25) is 0 Å². The lowest BCUT2D eigenvalue weighted by atomic mass is 10.1. The molecule has 0 spiro atoms. The molecule has 0 unspecified atom stereocenters. The van der Waals surface area contributed by atoms with Crippen molar-refractivity contribution >= 4 is 5.91 Å². The van der Waals surface area contributed by atoms with Crippen molar-refractivity contribution in [3.05, 3.63) is 0 Å². The Kier molecular flexibility index (Phi) is 3.66. The molecule has 2 saturated carbocycles. The van der Waals surface area contributed by atoms with Gasteiger partial charge in [-0.1, -0.05) is 32.6 Å². The summed E-state index contributed by atoms with van der Waals surface area (Å²) in [4.78, 5) is 14.3. The molecule has 0 aromatic heterocycles. The van der Waals surface area contributed by atoms with Crippen LogP contribution in [0, 0.1) is 0 Å². The first kappa shape index (κ1) is 11.0. The molecule has 2 heteroatoms. The molecule has 2 rings (SSSR count). The van der Waals surface area contributed by atoms with Crippen LogP contribution in [0.5, 0.6) is 0 Å². The number of hydrogen-bond donors (Lipinski definition) is 0. The minimum atomic E-state index is 0.397. The topological polar surface area (TPSA) is 20.3 Å². The predicted octanol–water partition coefficient (Wildman–Crippen LogP) is 3.11. The van der Waals surface area contributed by atoms with Crippen molar-refractivity contribution in [3.63, 3.8) is 0 Å². The van der Waals surface area contributed by atoms with E-state index in [1.807, 2.05) is 6.92 Å². The largest absolute Gasteiger partial charge is 0.337 e. The number of nitrogens with zero attached hydrogens (tertiary/aromatic N) is 1. The van der Waals surface area contributed by atoms with Crippen LogP contribution < -0.4 is 0 Å². The second-order valence-electron chi connectivity index (χ2n) is 5.03. The fourth-order valence-corrected chi connectivity index (χ4v) is 3.25. The highest BCUT2D eigenvalue weighted by Gasteiger charge is 2.32. The summed E-state index contributed by atoms with van der Waals surface area (Å²) >= 11 is 0. The Bertz CT molecular complexity index is 199. The molecule has 2 nitrogen and oxygen atoms in total. The number of carbonyl (C=O) groups is 1. The summed E-state index contributed by atoms with van der Waals surface area (Å²) in [6.45, 7) is 2.00. The van der Waals surface area contributed by atoms with E-state index in [1.54, 1.807) is 0 Å². The van der Waals surface area contributed by atoms with Crippen LogP contribution in [0.4, 0.5) is 0 Å². The standard InChI is InChI=1S/C13H23NO/c1-2-13(15)14(11-7-3-4-8-11)12-9-5-6-10-12/h11-12H,2-10H2,1H3. The Hall–Kier alpha value is -0.530. The van der Waals surface area contributed by atoms with Crippen molar-refractivity contribution in [2.24, 2.45) is 0 Å². The van der Waals surface area contributed by atoms with Gasteiger partial charge in [0.1, 0.15) is 0 Å². The number of amides is 1. The van der Waals surface area contributed by atoms with Gasteiger partial charge in [0.2, 0.25) is 5.91 Å². The molecule has 0 N–H and O–H groups in total. The van der Waals surface area contributed by atoms with E-state index in [-0.39, 0.29) is 0 Å². The average molecular weight is 209 g/mol. The van der Waals surface area contributed by atoms with Crippen LogP contribution in [0.15, 0.2) is 0 Å². The van der Waals surface area contributed by atoms with Crippen LogP contribution in [0.25, 0.3) is 0 Å². The summed E-state index contributed by atoms with van der Waals surface area (Å²) in [6.07, 6.45) is 11.0. The van der Waals surface area contributed by atoms with Crippen molar-refractivity contribution in [2.45, 2.75) is 76.8 Å². The number of rotatable bonds is 3. The highest BCUT2D eigenvalue weighted by Crippen LogP contribution is 2.31. The molecular weight excluding hydrogens is 186 g/mol. The van der Waals surface area contributed by atoms with Crippen molar-refractivity contribution in [1.29, 1.82) is 0 Å². The van der Waals surface area contributed by atoms with Crippen LogP contribution in [-0.4, -0.2) is 22.9 Å². The monoisotopic (exact) mass is 209 g/mol. The first-order chi connectivity index (χ1) is 7.33. The maximum atomic E-state index is 12.0. The molecule has 0 aromatic carbocycles. The molecule has 2 aliphatic carbocycles. The summed E-state index contributed by atoms with van der Waals surface area (Å²) in [6, 6.07) is 1.17. The Balaban J connectivity index is 2.03. The molecule has 2 fully saturated rings. The van der Waals surface area contributed by atoms with E-state index in [1.165, 1.54) is 51.4 Å². The highest BCUT2D eigenvalue weighted by atomic mass is 16.2. The van der Waals surface area contributed by atoms with Gasteiger partial charge in [-0.2, -0.15) is 0 Å². The lowest BCUT2D eigenvalue weighted by molar-refractivity contribution is -0.135. The third-order valence-electron chi connectivity index (χ3n) is 4.03. The molecular formula is C13H23NO. The average Bonchev–Trinajstić information content (AvgIpc) is 2.90. The Labute approximate surface area is 93.0 Å². The van der Waals surface area contributed by atoms with E-state index in [4.69, 9.17) is 0 Å². The van der Waals surface area contributed by atoms with Gasteiger partial charge in [-0.25, -0.2) is 0 Å². The molecule has 0 radical (unpaired) electrons. The summed E-state index contributed by atoms with van der Waals surface area (Å²) < 4.78 is 0. The van der Waals surface area contributed by atoms with Crippen LogP contribution >= 0.6 is 0 Å². The van der Waals surface area contributed by atoms with Gasteiger partial charge in [0.15, 0.2) is 0 Å². The van der Waals surface area contributed by atoms with Gasteiger partial charge >= 0.3 is 0 Å². The van der Waals surface area contributed by atoms with E-state index in [0.29, 0.717) is 24.4 Å². The zero-order chi connectivity index (χ0) is 10.7. The zero-order valence-electron chi connectivity index (χ0n) is 9.87. The van der Waals surface area contributed by atoms with E-state index >= 15 is 0 Å². The van der Waals surface area contributed by atoms with E-state index < -0.39 is 0 Å². The van der Waals surface area contributed by atoms with Gasteiger partial charge in [-0.05, 0) is 25.7 Å². The first-order valence-electron chi connectivity index (χ1n) is 6.64. The van der Waals surface area contributed by atoms with Crippen LogP contribution in [0.1, 0.15) is 64.7 Å². The zero-order valence-corrected chi connectivity index (χ0v) is 9.87. The first-order valence-corrected chi connectivity index (χ1v) is 6.64. The van der Waals surface area contributed by atoms with Crippen molar-refractivity contribution < 1.29 is 4.79 Å². The molecule has 0 bridgehead atoms. The van der Waals surface area contributed by atoms with Crippen LogP contribution in [-0.2, 0) is 4.79 Å². The predicted molar refractivity (Wildman–Crippen MR) is 61.6 cm³/mol. The molecule has 2 aliphatic rings. The summed E-state index contributed by atoms with van der Waals surface area (Å²) in [5, 5.41) is 0. The normalized spacial score (nSPS) is 23.5. The smallest absolute Gasteiger partial charge is 0.222 e. The molecule has 15 heavy (non-hydrogen) atoms. The second kappa shape index (κ2) is 5.00. The molecule has 0 aromatic rings. The van der Waals surface area contributed by atoms with Gasteiger partial charge in [0.05, 0.1) is 0 Å². The molecule has 86 valence electrons. The third kappa shape index (κ3) is 2.35. The summed E-state index contributed by atoms with van der Waals surface area (Å²) in [5.41, 5.74) is 0. The molecule has 1 amide bonds. The summed E-state index contributed by atoms with van der Waals surface area (Å²) in [5.74, 6) is 0.397. The van der Waals surface area contributed by atoms with E-state index in [9.17, 15) is 4.79 Å². The fraction of sp³-hybridized carbons (Fsp3) is 0.923. The van der Waals surface area contributed by atoms with Gasteiger partial charge in [0.25, 0.3) is 0 Å². The lowest BCUT2D eigenvalue weighted by Crippen LogP contribution is -2.44. The number of carbonyl (C=O) groups excluding carboxylic acids is 1. The van der Waals surface area contributed by atoms with Crippen molar-refractivity contribution in [3.8, 4) is 0 Å². The van der Waals surface area contributed by atoms with Gasteiger partial charge in [0, 0.05) is 18.5 Å². The lowest BCUT2D eigenvalue weighted by Gasteiger charge is -2.34. The Morgan fingerprint density at radius 1 is 1.00 bits per heavy atom. The molecule has 0 saturated heterocycles. The molecule has 0 aliphatic heterocycles. The van der Waals surface area contributed by atoms with Gasteiger partial charge < -0.3 is 4.90 Å². The SMILES string of the molecule is CCC(=O)N(C1CCCC1)C1CCCC1. The maximum absolute atomic E-state index is 12.0. The minimum absolute atomic E-state index is 0.397. The van der Waals surface area contributed by atoms with E-state index in [0.717, 1.165) is 0 Å². The third-order valence-corrected chi connectivity index (χ3v) is 4.03. The Morgan fingerprint density at radius 3 is 1.73 bits per heavy atom. The molecule has 0 atom stereocenters. The van der Waals surface area contributed by atoms with Gasteiger partial charge in [-0.15, -0.1) is 0 Å². The summed E-state index contributed by atoms with van der Waals surface area (Å²) in [7, 11) is 0.